The van der Waals surface area contributed by atoms with Crippen LogP contribution in [-0.2, 0) is 16.1 Å². The van der Waals surface area contributed by atoms with Crippen LogP contribution < -0.4 is 4.90 Å². The minimum absolute atomic E-state index is 0.237. The molecule has 1 aliphatic carbocycles. The lowest BCUT2D eigenvalue weighted by Crippen LogP contribution is -2.66. The lowest BCUT2D eigenvalue weighted by Gasteiger charge is -2.49. The zero-order valence-electron chi connectivity index (χ0n) is 15.2. The molecule has 2 aromatic carbocycles. The Bertz CT molecular complexity index is 971. The first-order chi connectivity index (χ1) is 13.9. The van der Waals surface area contributed by atoms with Crippen molar-refractivity contribution >= 4 is 40.6 Å². The summed E-state index contributed by atoms with van der Waals surface area (Å²) in [7, 11) is 0. The van der Waals surface area contributed by atoms with Gasteiger partial charge in [-0.05, 0) is 60.6 Å². The number of halogens is 2. The van der Waals surface area contributed by atoms with Gasteiger partial charge in [0.25, 0.3) is 0 Å². The SMILES string of the molecule is O=C1O[C@@H]2[C@H]3[C@@H]([C@@H]1C[C@H]2O)N(c1ccc(Cl)cc1)C(=S)N3Cc1ccc(F)cc1. The van der Waals surface area contributed by atoms with Crippen LogP contribution >= 0.6 is 23.8 Å². The van der Waals surface area contributed by atoms with E-state index in [0.717, 1.165) is 11.3 Å². The van der Waals surface area contributed by atoms with E-state index in [2.05, 4.69) is 0 Å². The molecule has 5 atom stereocenters. The Kier molecular flexibility index (Phi) is 4.49. The highest BCUT2D eigenvalue weighted by atomic mass is 35.5. The van der Waals surface area contributed by atoms with Gasteiger partial charge in [-0.3, -0.25) is 4.79 Å². The molecule has 8 heteroatoms. The average Bonchev–Trinajstić information content (AvgIpc) is 2.99. The third kappa shape index (κ3) is 2.99. The van der Waals surface area contributed by atoms with Gasteiger partial charge in [-0.15, -0.1) is 0 Å². The molecule has 0 unspecified atom stereocenters. The van der Waals surface area contributed by atoms with Gasteiger partial charge in [-0.2, -0.15) is 0 Å². The number of esters is 1. The number of aliphatic hydroxyl groups excluding tert-OH is 1. The predicted molar refractivity (Wildman–Crippen MR) is 110 cm³/mol. The van der Waals surface area contributed by atoms with Gasteiger partial charge < -0.3 is 19.6 Å². The summed E-state index contributed by atoms with van der Waals surface area (Å²) >= 11 is 11.9. The van der Waals surface area contributed by atoms with Crippen molar-refractivity contribution in [1.29, 1.82) is 0 Å². The summed E-state index contributed by atoms with van der Waals surface area (Å²) in [6.45, 7) is 0.428. The quantitative estimate of drug-likeness (QED) is 0.594. The molecule has 1 N–H and O–H groups in total. The second-order valence-electron chi connectivity index (χ2n) is 7.68. The fourth-order valence-corrected chi connectivity index (χ4v) is 5.27. The minimum atomic E-state index is -0.734. The molecule has 0 radical (unpaired) electrons. The summed E-state index contributed by atoms with van der Waals surface area (Å²) in [5, 5.41) is 11.7. The van der Waals surface area contributed by atoms with E-state index in [0.29, 0.717) is 23.1 Å². The highest BCUT2D eigenvalue weighted by molar-refractivity contribution is 7.80. The maximum absolute atomic E-state index is 13.3. The second kappa shape index (κ2) is 6.93. The number of hydrogen-bond donors (Lipinski definition) is 1. The maximum atomic E-state index is 13.3. The molecule has 0 amide bonds. The Labute approximate surface area is 177 Å². The number of benzene rings is 2. The summed E-state index contributed by atoms with van der Waals surface area (Å²) in [6, 6.07) is 13.0. The van der Waals surface area contributed by atoms with Gasteiger partial charge in [0.1, 0.15) is 11.9 Å². The summed E-state index contributed by atoms with van der Waals surface area (Å²) < 4.78 is 18.9. The third-order valence-corrected chi connectivity index (χ3v) is 6.69. The second-order valence-corrected chi connectivity index (χ2v) is 8.48. The average molecular weight is 433 g/mol. The first kappa shape index (κ1) is 18.8. The molecule has 2 aromatic rings. The van der Waals surface area contributed by atoms with E-state index in [1.165, 1.54) is 12.1 Å². The summed E-state index contributed by atoms with van der Waals surface area (Å²) in [5.74, 6) is -1.08. The van der Waals surface area contributed by atoms with E-state index in [9.17, 15) is 14.3 Å². The summed E-state index contributed by atoms with van der Waals surface area (Å²) in [6.07, 6.45) is -1.04. The highest BCUT2D eigenvalue weighted by Gasteiger charge is 2.62. The molecule has 3 saturated heterocycles. The molecule has 2 bridgehead atoms. The molecule has 5 nitrogen and oxygen atoms in total. The minimum Gasteiger partial charge on any atom is -0.457 e. The Balaban J connectivity index is 1.56. The van der Waals surface area contributed by atoms with Crippen molar-refractivity contribution in [3.05, 3.63) is 64.9 Å². The van der Waals surface area contributed by atoms with E-state index in [1.807, 2.05) is 21.9 Å². The van der Waals surface area contributed by atoms with Crippen molar-refractivity contribution in [2.24, 2.45) is 5.92 Å². The van der Waals surface area contributed by atoms with Crippen LogP contribution in [0.15, 0.2) is 48.5 Å². The summed E-state index contributed by atoms with van der Waals surface area (Å²) in [5.41, 5.74) is 1.72. The number of rotatable bonds is 3. The first-order valence-corrected chi connectivity index (χ1v) is 10.2. The molecule has 0 spiro atoms. The number of fused-ring (bicyclic) bond motifs is 2. The van der Waals surface area contributed by atoms with E-state index < -0.39 is 18.1 Å². The van der Waals surface area contributed by atoms with E-state index in [4.69, 9.17) is 28.6 Å². The Morgan fingerprint density at radius 1 is 1.14 bits per heavy atom. The standard InChI is InChI=1S/C21H18ClFN2O3S/c22-12-3-7-14(8-4-12)25-17-15-9-16(26)19(28-20(15)27)18(17)24(21(25)29)10-11-1-5-13(23)6-2-11/h1-8,15-19,26H,9-10H2/t15-,16+,17+,18+,19-/m0/s1. The number of nitrogens with zero attached hydrogens (tertiary/aromatic N) is 2. The Hall–Kier alpha value is -2.22. The molecule has 3 heterocycles. The van der Waals surface area contributed by atoms with Crippen molar-refractivity contribution in [1.82, 2.24) is 4.90 Å². The lowest BCUT2D eigenvalue weighted by molar-refractivity contribution is -0.194. The number of thiocarbonyl (C=S) groups is 1. The zero-order valence-corrected chi connectivity index (χ0v) is 16.8. The van der Waals surface area contributed by atoms with Crippen LogP contribution in [0.25, 0.3) is 0 Å². The lowest BCUT2D eigenvalue weighted by atomic mass is 9.74. The molecule has 0 aromatic heterocycles. The van der Waals surface area contributed by atoms with Crippen molar-refractivity contribution < 1.29 is 19.0 Å². The zero-order chi connectivity index (χ0) is 20.3. The molecule has 150 valence electrons. The van der Waals surface area contributed by atoms with E-state index >= 15 is 0 Å². The molecule has 3 aliphatic heterocycles. The Morgan fingerprint density at radius 2 is 1.83 bits per heavy atom. The highest BCUT2D eigenvalue weighted by Crippen LogP contribution is 2.46. The molecule has 1 saturated carbocycles. The first-order valence-electron chi connectivity index (χ1n) is 9.42. The monoisotopic (exact) mass is 432 g/mol. The normalized spacial score (nSPS) is 30.5. The van der Waals surface area contributed by atoms with Crippen LogP contribution in [0.2, 0.25) is 5.02 Å². The summed E-state index contributed by atoms with van der Waals surface area (Å²) in [4.78, 5) is 16.5. The van der Waals surface area contributed by atoms with E-state index in [-0.39, 0.29) is 23.9 Å². The van der Waals surface area contributed by atoms with Gasteiger partial charge in [0.15, 0.2) is 5.11 Å². The third-order valence-electron chi connectivity index (χ3n) is 6.01. The molecule has 29 heavy (non-hydrogen) atoms. The molecule has 4 fully saturated rings. The van der Waals surface area contributed by atoms with Crippen LogP contribution in [0.4, 0.5) is 10.1 Å². The largest absolute Gasteiger partial charge is 0.457 e. The van der Waals surface area contributed by atoms with Gasteiger partial charge in [-0.25, -0.2) is 4.39 Å². The number of hydrogen-bond acceptors (Lipinski definition) is 4. The van der Waals surface area contributed by atoms with Crippen LogP contribution in [-0.4, -0.2) is 45.4 Å². The van der Waals surface area contributed by atoms with Gasteiger partial charge >= 0.3 is 5.97 Å². The van der Waals surface area contributed by atoms with Crippen molar-refractivity contribution in [2.75, 3.05) is 4.90 Å². The van der Waals surface area contributed by atoms with Gasteiger partial charge in [0.05, 0.1) is 24.1 Å². The number of carbonyl (C=O) groups excluding carboxylic acids is 1. The maximum Gasteiger partial charge on any atom is 0.311 e. The predicted octanol–water partition coefficient (Wildman–Crippen LogP) is 3.13. The van der Waals surface area contributed by atoms with Crippen molar-refractivity contribution in [3.63, 3.8) is 0 Å². The Morgan fingerprint density at radius 3 is 2.52 bits per heavy atom. The molecule has 4 aliphatic rings. The van der Waals surface area contributed by atoms with Crippen LogP contribution in [0.1, 0.15) is 12.0 Å². The van der Waals surface area contributed by atoms with Crippen LogP contribution in [0, 0.1) is 11.7 Å². The molecular weight excluding hydrogens is 415 g/mol. The van der Waals surface area contributed by atoms with E-state index in [1.54, 1.807) is 24.3 Å². The van der Waals surface area contributed by atoms with Crippen molar-refractivity contribution in [2.45, 2.75) is 37.3 Å². The van der Waals surface area contributed by atoms with Gasteiger partial charge in [0.2, 0.25) is 0 Å². The number of anilines is 1. The number of carbonyl (C=O) groups is 1. The molecule has 6 rings (SSSR count). The van der Waals surface area contributed by atoms with Crippen LogP contribution in [0.5, 0.6) is 0 Å². The number of ether oxygens (including phenoxy) is 1. The molecular formula is C21H18ClFN2O3S. The van der Waals surface area contributed by atoms with Crippen LogP contribution in [0.3, 0.4) is 0 Å². The van der Waals surface area contributed by atoms with Gasteiger partial charge in [0, 0.05) is 17.3 Å². The fourth-order valence-electron chi connectivity index (χ4n) is 4.73. The van der Waals surface area contributed by atoms with Crippen molar-refractivity contribution in [3.8, 4) is 0 Å². The number of aliphatic hydroxyl groups is 1. The smallest absolute Gasteiger partial charge is 0.311 e. The van der Waals surface area contributed by atoms with Gasteiger partial charge in [-0.1, -0.05) is 23.7 Å². The topological polar surface area (TPSA) is 53.0 Å². The fraction of sp³-hybridized carbons (Fsp3) is 0.333.